The third-order valence-electron chi connectivity index (χ3n) is 2.74. The van der Waals surface area contributed by atoms with Gasteiger partial charge in [0.2, 0.25) is 10.0 Å². The summed E-state index contributed by atoms with van der Waals surface area (Å²) in [5.74, 6) is 0. The van der Waals surface area contributed by atoms with E-state index in [-0.39, 0.29) is 6.03 Å². The molecule has 0 aliphatic carbocycles. The van der Waals surface area contributed by atoms with Gasteiger partial charge in [-0.3, -0.25) is 0 Å². The van der Waals surface area contributed by atoms with Crippen LogP contribution in [0.1, 0.15) is 19.8 Å². The van der Waals surface area contributed by atoms with Crippen LogP contribution in [0.5, 0.6) is 0 Å². The number of urea groups is 1. The summed E-state index contributed by atoms with van der Waals surface area (Å²) in [6.45, 7) is 4.61. The summed E-state index contributed by atoms with van der Waals surface area (Å²) in [6.07, 6.45) is 2.79. The van der Waals surface area contributed by atoms with Crippen molar-refractivity contribution in [1.82, 2.24) is 14.5 Å². The lowest BCUT2D eigenvalue weighted by Gasteiger charge is -2.21. The molecule has 1 rings (SSSR count). The van der Waals surface area contributed by atoms with Crippen molar-refractivity contribution in [2.45, 2.75) is 19.8 Å². The minimum Gasteiger partial charge on any atom is -0.338 e. The van der Waals surface area contributed by atoms with E-state index in [1.807, 2.05) is 6.92 Å². The number of carbonyl (C=O) groups excluding carboxylic acids is 1. The van der Waals surface area contributed by atoms with E-state index in [0.717, 1.165) is 6.42 Å². The van der Waals surface area contributed by atoms with Gasteiger partial charge in [0.05, 0.1) is 6.26 Å². The monoisotopic (exact) mass is 263 g/mol. The molecular weight excluding hydrogens is 242 g/mol. The van der Waals surface area contributed by atoms with Gasteiger partial charge in [-0.25, -0.2) is 17.5 Å². The first-order valence-electron chi connectivity index (χ1n) is 5.93. The summed E-state index contributed by atoms with van der Waals surface area (Å²) >= 11 is 0. The van der Waals surface area contributed by atoms with Gasteiger partial charge in [0, 0.05) is 32.7 Å². The van der Waals surface area contributed by atoms with Gasteiger partial charge < -0.3 is 10.2 Å². The Morgan fingerprint density at radius 1 is 1.24 bits per heavy atom. The third-order valence-corrected chi connectivity index (χ3v) is 4.04. The summed E-state index contributed by atoms with van der Waals surface area (Å²) in [6, 6.07) is -0.0952. The second-order valence-corrected chi connectivity index (χ2v) is 6.22. The molecule has 7 heteroatoms. The highest BCUT2D eigenvalue weighted by Gasteiger charge is 2.23. The average Bonchev–Trinajstić information content (AvgIpc) is 2.50. The lowest BCUT2D eigenvalue weighted by Crippen LogP contribution is -2.42. The van der Waals surface area contributed by atoms with Crippen molar-refractivity contribution in [2.24, 2.45) is 0 Å². The average molecular weight is 263 g/mol. The molecule has 1 saturated heterocycles. The maximum Gasteiger partial charge on any atom is 0.317 e. The van der Waals surface area contributed by atoms with Crippen molar-refractivity contribution in [3.8, 4) is 0 Å². The first-order chi connectivity index (χ1) is 7.95. The first kappa shape index (κ1) is 14.2. The quantitative estimate of drug-likeness (QED) is 0.783. The van der Waals surface area contributed by atoms with Crippen LogP contribution in [0.4, 0.5) is 4.79 Å². The number of rotatable bonds is 3. The van der Waals surface area contributed by atoms with Crippen molar-refractivity contribution in [2.75, 3.05) is 39.0 Å². The molecule has 1 aliphatic heterocycles. The van der Waals surface area contributed by atoms with Crippen LogP contribution in [0, 0.1) is 0 Å². The summed E-state index contributed by atoms with van der Waals surface area (Å²) in [7, 11) is -3.14. The highest BCUT2D eigenvalue weighted by molar-refractivity contribution is 7.88. The molecule has 0 bridgehead atoms. The Kier molecular flexibility index (Phi) is 5.20. The van der Waals surface area contributed by atoms with E-state index >= 15 is 0 Å². The lowest BCUT2D eigenvalue weighted by atomic mass is 10.4. The van der Waals surface area contributed by atoms with Crippen LogP contribution in [0.3, 0.4) is 0 Å². The van der Waals surface area contributed by atoms with Gasteiger partial charge in [0.15, 0.2) is 0 Å². The second kappa shape index (κ2) is 6.20. The molecule has 0 atom stereocenters. The number of hydrogen-bond donors (Lipinski definition) is 1. The third kappa shape index (κ3) is 4.51. The lowest BCUT2D eigenvalue weighted by molar-refractivity contribution is 0.200. The fourth-order valence-electron chi connectivity index (χ4n) is 1.77. The molecule has 0 radical (unpaired) electrons. The topological polar surface area (TPSA) is 69.7 Å². The van der Waals surface area contributed by atoms with Crippen LogP contribution in [0.15, 0.2) is 0 Å². The fraction of sp³-hybridized carbons (Fsp3) is 0.900. The van der Waals surface area contributed by atoms with Gasteiger partial charge in [0.1, 0.15) is 0 Å². The smallest absolute Gasteiger partial charge is 0.317 e. The van der Waals surface area contributed by atoms with Gasteiger partial charge in [-0.2, -0.15) is 0 Å². The number of carbonyl (C=O) groups is 1. The zero-order valence-corrected chi connectivity index (χ0v) is 11.3. The molecule has 0 spiro atoms. The predicted octanol–water partition coefficient (Wildman–Crippen LogP) is 0.0733. The summed E-state index contributed by atoms with van der Waals surface area (Å²) in [5, 5.41) is 2.80. The Morgan fingerprint density at radius 2 is 1.94 bits per heavy atom. The van der Waals surface area contributed by atoms with Crippen LogP contribution in [0.2, 0.25) is 0 Å². The Bertz CT molecular complexity index is 356. The van der Waals surface area contributed by atoms with Crippen molar-refractivity contribution in [3.63, 3.8) is 0 Å². The van der Waals surface area contributed by atoms with Gasteiger partial charge in [0.25, 0.3) is 0 Å². The van der Waals surface area contributed by atoms with E-state index in [1.54, 1.807) is 4.90 Å². The van der Waals surface area contributed by atoms with E-state index in [2.05, 4.69) is 5.32 Å². The molecule has 2 amide bonds. The standard InChI is InChI=1S/C10H21N3O3S/c1-3-5-11-10(14)12-6-4-7-13(9-8-12)17(2,15)16/h3-9H2,1-2H3,(H,11,14). The number of hydrogen-bond acceptors (Lipinski definition) is 3. The van der Waals surface area contributed by atoms with E-state index in [9.17, 15) is 13.2 Å². The Labute approximate surface area is 103 Å². The molecule has 1 fully saturated rings. The van der Waals surface area contributed by atoms with E-state index in [0.29, 0.717) is 39.1 Å². The molecular formula is C10H21N3O3S. The van der Waals surface area contributed by atoms with Crippen molar-refractivity contribution < 1.29 is 13.2 Å². The number of amides is 2. The molecule has 0 aromatic carbocycles. The van der Waals surface area contributed by atoms with Crippen molar-refractivity contribution >= 4 is 16.1 Å². The molecule has 0 aromatic rings. The fourth-order valence-corrected chi connectivity index (χ4v) is 2.65. The van der Waals surface area contributed by atoms with Gasteiger partial charge in [-0.15, -0.1) is 0 Å². The van der Waals surface area contributed by atoms with Crippen molar-refractivity contribution in [1.29, 1.82) is 0 Å². The first-order valence-corrected chi connectivity index (χ1v) is 7.78. The Balaban J connectivity index is 2.50. The summed E-state index contributed by atoms with van der Waals surface area (Å²) < 4.78 is 24.2. The minimum atomic E-state index is -3.14. The second-order valence-electron chi connectivity index (χ2n) is 4.23. The van der Waals surface area contributed by atoms with Crippen LogP contribution in [-0.2, 0) is 10.0 Å². The van der Waals surface area contributed by atoms with E-state index < -0.39 is 10.0 Å². The number of nitrogens with one attached hydrogen (secondary N) is 1. The minimum absolute atomic E-state index is 0.0952. The van der Waals surface area contributed by atoms with E-state index in [4.69, 9.17) is 0 Å². The number of nitrogens with zero attached hydrogens (tertiary/aromatic N) is 2. The molecule has 1 heterocycles. The molecule has 6 nitrogen and oxygen atoms in total. The van der Waals surface area contributed by atoms with Gasteiger partial charge in [-0.1, -0.05) is 6.92 Å². The molecule has 17 heavy (non-hydrogen) atoms. The molecule has 1 aliphatic rings. The molecule has 0 aromatic heterocycles. The highest BCUT2D eigenvalue weighted by atomic mass is 32.2. The SMILES string of the molecule is CCCNC(=O)N1CCCN(S(C)(=O)=O)CC1. The zero-order valence-electron chi connectivity index (χ0n) is 10.5. The maximum atomic E-state index is 11.7. The van der Waals surface area contributed by atoms with Crippen LogP contribution < -0.4 is 5.32 Å². The normalized spacial score (nSPS) is 18.8. The molecule has 0 unspecified atom stereocenters. The Morgan fingerprint density at radius 3 is 2.53 bits per heavy atom. The molecule has 0 saturated carbocycles. The highest BCUT2D eigenvalue weighted by Crippen LogP contribution is 2.06. The summed E-state index contributed by atoms with van der Waals surface area (Å²) in [4.78, 5) is 13.4. The predicted molar refractivity (Wildman–Crippen MR) is 66.3 cm³/mol. The van der Waals surface area contributed by atoms with Gasteiger partial charge in [-0.05, 0) is 12.8 Å². The van der Waals surface area contributed by atoms with Gasteiger partial charge >= 0.3 is 6.03 Å². The van der Waals surface area contributed by atoms with Crippen LogP contribution in [0.25, 0.3) is 0 Å². The summed E-state index contributed by atoms with van der Waals surface area (Å²) in [5.41, 5.74) is 0. The number of sulfonamides is 1. The maximum absolute atomic E-state index is 11.7. The molecule has 1 N–H and O–H groups in total. The Hall–Kier alpha value is -0.820. The van der Waals surface area contributed by atoms with Crippen LogP contribution >= 0.6 is 0 Å². The largest absolute Gasteiger partial charge is 0.338 e. The molecule has 100 valence electrons. The zero-order chi connectivity index (χ0) is 12.9. The van der Waals surface area contributed by atoms with Crippen LogP contribution in [-0.4, -0.2) is 62.6 Å². The van der Waals surface area contributed by atoms with E-state index in [1.165, 1.54) is 10.6 Å². The van der Waals surface area contributed by atoms with Crippen molar-refractivity contribution in [3.05, 3.63) is 0 Å².